The van der Waals surface area contributed by atoms with Crippen LogP contribution in [0.5, 0.6) is 0 Å². The topological polar surface area (TPSA) is 72.3 Å². The Morgan fingerprint density at radius 2 is 2.08 bits per heavy atom. The third kappa shape index (κ3) is 4.50. The van der Waals surface area contributed by atoms with Gasteiger partial charge in [0.05, 0.1) is 24.3 Å². The van der Waals surface area contributed by atoms with Crippen molar-refractivity contribution in [2.24, 2.45) is 0 Å². The van der Waals surface area contributed by atoms with Crippen LogP contribution in [0, 0.1) is 10.1 Å². The molecule has 8 heteroatoms. The SMILES string of the molecule is C[NH+]1CC[NH+](CCCN2C(=O)CS[C@H]2c2cccc([N+](=O)[O-])c2)CC1. The van der Waals surface area contributed by atoms with Crippen LogP contribution in [0.4, 0.5) is 5.69 Å². The van der Waals surface area contributed by atoms with Crippen molar-refractivity contribution >= 4 is 23.4 Å². The normalized spacial score (nSPS) is 26.8. The zero-order valence-corrected chi connectivity index (χ0v) is 15.4. The Labute approximate surface area is 152 Å². The molecule has 3 rings (SSSR count). The van der Waals surface area contributed by atoms with Gasteiger partial charge in [-0.2, -0.15) is 0 Å². The van der Waals surface area contributed by atoms with Crippen LogP contribution in [0.2, 0.25) is 0 Å². The molecule has 0 saturated carbocycles. The first-order chi connectivity index (χ1) is 12.0. The lowest BCUT2D eigenvalue weighted by Gasteiger charge is -2.29. The third-order valence-corrected chi connectivity index (χ3v) is 6.33. The standard InChI is InChI=1S/C17H24N4O3S/c1-18-8-10-19(11-9-18)6-3-7-20-16(22)13-25-17(20)14-4-2-5-15(12-14)21(23)24/h2,4-5,12,17H,3,6-11,13H2,1H3/p+2/t17-/m0/s1. The second kappa shape index (κ2) is 8.16. The molecule has 0 bridgehead atoms. The number of nitrogens with one attached hydrogen (secondary N) is 2. The van der Waals surface area contributed by atoms with Crippen LogP contribution in [0.1, 0.15) is 17.4 Å². The van der Waals surface area contributed by atoms with E-state index in [2.05, 4.69) is 7.05 Å². The second-order valence-electron chi connectivity index (χ2n) is 6.91. The van der Waals surface area contributed by atoms with Crippen molar-refractivity contribution in [3.8, 4) is 0 Å². The van der Waals surface area contributed by atoms with Gasteiger partial charge in [-0.05, 0) is 5.56 Å². The quantitative estimate of drug-likeness (QED) is 0.499. The Morgan fingerprint density at radius 1 is 1.32 bits per heavy atom. The summed E-state index contributed by atoms with van der Waals surface area (Å²) in [5.74, 6) is 0.595. The summed E-state index contributed by atoms with van der Waals surface area (Å²) in [6.07, 6.45) is 0.978. The fourth-order valence-corrected chi connectivity index (χ4v) is 4.75. The number of carbonyl (C=O) groups is 1. The molecule has 0 radical (unpaired) electrons. The van der Waals surface area contributed by atoms with Crippen LogP contribution in [0.15, 0.2) is 24.3 Å². The third-order valence-electron chi connectivity index (χ3n) is 5.07. The van der Waals surface area contributed by atoms with E-state index in [-0.39, 0.29) is 21.9 Å². The smallest absolute Gasteiger partial charge is 0.269 e. The van der Waals surface area contributed by atoms with Crippen LogP contribution in [0.3, 0.4) is 0 Å². The van der Waals surface area contributed by atoms with Crippen molar-refractivity contribution < 1.29 is 19.5 Å². The van der Waals surface area contributed by atoms with Crippen molar-refractivity contribution in [2.45, 2.75) is 11.8 Å². The maximum Gasteiger partial charge on any atom is 0.269 e. The highest BCUT2D eigenvalue weighted by Crippen LogP contribution is 2.39. The summed E-state index contributed by atoms with van der Waals surface area (Å²) in [7, 11) is 2.24. The monoisotopic (exact) mass is 366 g/mol. The molecular weight excluding hydrogens is 340 g/mol. The van der Waals surface area contributed by atoms with Gasteiger partial charge in [-0.1, -0.05) is 12.1 Å². The number of hydrogen-bond acceptors (Lipinski definition) is 4. The van der Waals surface area contributed by atoms with Gasteiger partial charge < -0.3 is 14.7 Å². The summed E-state index contributed by atoms with van der Waals surface area (Å²) in [6.45, 7) is 6.63. The average molecular weight is 366 g/mol. The molecule has 0 unspecified atom stereocenters. The lowest BCUT2D eigenvalue weighted by Crippen LogP contribution is -3.27. The summed E-state index contributed by atoms with van der Waals surface area (Å²) >= 11 is 1.56. The van der Waals surface area contributed by atoms with Crippen LogP contribution in [-0.4, -0.2) is 67.8 Å². The minimum Gasteiger partial charge on any atom is -0.328 e. The summed E-state index contributed by atoms with van der Waals surface area (Å²) in [6, 6.07) is 6.67. The summed E-state index contributed by atoms with van der Waals surface area (Å²) in [4.78, 5) is 28.0. The highest BCUT2D eigenvalue weighted by atomic mass is 32.2. The summed E-state index contributed by atoms with van der Waals surface area (Å²) < 4.78 is 0. The lowest BCUT2D eigenvalue weighted by atomic mass is 10.1. The molecule has 2 fully saturated rings. The second-order valence-corrected chi connectivity index (χ2v) is 7.98. The maximum absolute atomic E-state index is 12.3. The molecule has 2 aliphatic rings. The van der Waals surface area contributed by atoms with Crippen molar-refractivity contribution in [3.63, 3.8) is 0 Å². The molecule has 0 spiro atoms. The predicted octanol–water partition coefficient (Wildman–Crippen LogP) is -1.03. The van der Waals surface area contributed by atoms with Gasteiger partial charge in [-0.3, -0.25) is 14.9 Å². The molecule has 1 aromatic rings. The number of hydrogen-bond donors (Lipinski definition) is 2. The van der Waals surface area contributed by atoms with E-state index >= 15 is 0 Å². The summed E-state index contributed by atoms with van der Waals surface area (Å²) in [5, 5.41) is 10.9. The molecule has 7 nitrogen and oxygen atoms in total. The lowest BCUT2D eigenvalue weighted by molar-refractivity contribution is -1.00. The molecule has 2 N–H and O–H groups in total. The molecule has 0 aliphatic carbocycles. The number of amides is 1. The number of quaternary nitrogens is 2. The first-order valence-corrected chi connectivity index (χ1v) is 9.90. The van der Waals surface area contributed by atoms with Gasteiger partial charge in [0.2, 0.25) is 5.91 Å². The predicted molar refractivity (Wildman–Crippen MR) is 96.8 cm³/mol. The molecule has 25 heavy (non-hydrogen) atoms. The number of carbonyl (C=O) groups excluding carboxylic acids is 1. The fourth-order valence-electron chi connectivity index (χ4n) is 3.54. The van der Waals surface area contributed by atoms with Crippen LogP contribution >= 0.6 is 11.8 Å². The zero-order chi connectivity index (χ0) is 17.8. The Bertz CT molecular complexity index is 634. The van der Waals surface area contributed by atoms with Gasteiger partial charge in [-0.25, -0.2) is 0 Å². The van der Waals surface area contributed by atoms with E-state index in [0.29, 0.717) is 5.75 Å². The molecule has 0 aromatic heterocycles. The summed E-state index contributed by atoms with van der Waals surface area (Å²) in [5.41, 5.74) is 0.933. The van der Waals surface area contributed by atoms with Crippen molar-refractivity contribution in [1.82, 2.24) is 4.90 Å². The van der Waals surface area contributed by atoms with E-state index in [1.165, 1.54) is 32.2 Å². The Balaban J connectivity index is 1.58. The van der Waals surface area contributed by atoms with Crippen molar-refractivity contribution in [2.75, 3.05) is 52.1 Å². The zero-order valence-electron chi connectivity index (χ0n) is 14.6. The number of nitrogens with zero attached hydrogens (tertiary/aromatic N) is 2. The Morgan fingerprint density at radius 3 is 2.80 bits per heavy atom. The van der Waals surface area contributed by atoms with Gasteiger partial charge in [-0.15, -0.1) is 11.8 Å². The Hall–Kier alpha value is -1.64. The van der Waals surface area contributed by atoms with Gasteiger partial charge >= 0.3 is 0 Å². The minimum atomic E-state index is -0.381. The maximum atomic E-state index is 12.3. The van der Waals surface area contributed by atoms with Gasteiger partial charge in [0.1, 0.15) is 31.6 Å². The minimum absolute atomic E-state index is 0.0850. The van der Waals surface area contributed by atoms with Gasteiger partial charge in [0, 0.05) is 25.1 Å². The number of piperazine rings is 1. The van der Waals surface area contributed by atoms with E-state index in [9.17, 15) is 14.9 Å². The molecule has 1 amide bonds. The number of likely N-dealkylation sites (N-methyl/N-ethyl adjacent to an activating group) is 1. The van der Waals surface area contributed by atoms with Crippen LogP contribution in [0.25, 0.3) is 0 Å². The highest BCUT2D eigenvalue weighted by Gasteiger charge is 2.33. The van der Waals surface area contributed by atoms with E-state index in [0.717, 1.165) is 25.1 Å². The van der Waals surface area contributed by atoms with E-state index in [1.54, 1.807) is 33.7 Å². The number of rotatable bonds is 6. The van der Waals surface area contributed by atoms with E-state index in [4.69, 9.17) is 0 Å². The van der Waals surface area contributed by atoms with Gasteiger partial charge in [0.15, 0.2) is 0 Å². The molecular formula is C17H26N4O3S+2. The molecule has 2 saturated heterocycles. The van der Waals surface area contributed by atoms with Crippen LogP contribution < -0.4 is 9.80 Å². The van der Waals surface area contributed by atoms with Crippen LogP contribution in [-0.2, 0) is 4.79 Å². The van der Waals surface area contributed by atoms with Crippen molar-refractivity contribution in [3.05, 3.63) is 39.9 Å². The molecule has 1 aromatic carbocycles. The number of non-ortho nitro benzene ring substituents is 1. The number of thioether (sulfide) groups is 1. The van der Waals surface area contributed by atoms with E-state index in [1.807, 2.05) is 11.0 Å². The average Bonchev–Trinajstić information content (AvgIpc) is 2.98. The highest BCUT2D eigenvalue weighted by molar-refractivity contribution is 8.00. The molecule has 2 aliphatic heterocycles. The first kappa shape index (κ1) is 18.2. The number of benzene rings is 1. The fraction of sp³-hybridized carbons (Fsp3) is 0.588. The van der Waals surface area contributed by atoms with Gasteiger partial charge in [0.25, 0.3) is 5.69 Å². The van der Waals surface area contributed by atoms with Crippen molar-refractivity contribution in [1.29, 1.82) is 0 Å². The number of nitro groups is 1. The molecule has 1 atom stereocenters. The number of nitro benzene ring substituents is 1. The Kier molecular flexibility index (Phi) is 5.93. The largest absolute Gasteiger partial charge is 0.328 e. The molecule has 2 heterocycles. The first-order valence-electron chi connectivity index (χ1n) is 8.85. The molecule has 136 valence electrons. The van der Waals surface area contributed by atoms with E-state index < -0.39 is 0 Å².